The van der Waals surface area contributed by atoms with Crippen molar-refractivity contribution in [3.8, 4) is 23.0 Å². The first-order valence-electron chi connectivity index (χ1n) is 14.9. The van der Waals surface area contributed by atoms with E-state index in [1.807, 2.05) is 48.5 Å². The van der Waals surface area contributed by atoms with Crippen molar-refractivity contribution in [2.24, 2.45) is 17.6 Å². The van der Waals surface area contributed by atoms with Crippen molar-refractivity contribution in [1.82, 2.24) is 0 Å². The van der Waals surface area contributed by atoms with E-state index in [-0.39, 0.29) is 5.41 Å². The zero-order valence-electron chi connectivity index (χ0n) is 24.2. The van der Waals surface area contributed by atoms with Crippen LogP contribution in [0.2, 0.25) is 0 Å². The quantitative estimate of drug-likeness (QED) is 0.0993. The number of benzene rings is 5. The summed E-state index contributed by atoms with van der Waals surface area (Å²) in [4.78, 5) is 0. The second-order valence-corrected chi connectivity index (χ2v) is 11.3. The normalized spacial score (nSPS) is 14.6. The number of hydrazine groups is 2. The van der Waals surface area contributed by atoms with E-state index in [4.69, 9.17) is 21.2 Å². The maximum absolute atomic E-state index is 6.13. The lowest BCUT2D eigenvalue weighted by Gasteiger charge is -2.41. The van der Waals surface area contributed by atoms with Gasteiger partial charge in [-0.2, -0.15) is 0 Å². The number of nitrogen functional groups attached to an aromatic ring is 2. The van der Waals surface area contributed by atoms with E-state index in [0.717, 1.165) is 53.6 Å². The summed E-state index contributed by atoms with van der Waals surface area (Å²) < 4.78 is 12.3. The van der Waals surface area contributed by atoms with Crippen molar-refractivity contribution in [2.45, 2.75) is 37.5 Å². The molecule has 6 N–H and O–H groups in total. The van der Waals surface area contributed by atoms with Crippen molar-refractivity contribution in [3.05, 3.63) is 144 Å². The first-order chi connectivity index (χ1) is 21.1. The molecule has 1 aliphatic carbocycles. The Bertz CT molecular complexity index is 1480. The van der Waals surface area contributed by atoms with E-state index in [2.05, 4.69) is 89.7 Å². The first kappa shape index (κ1) is 28.3. The van der Waals surface area contributed by atoms with Crippen LogP contribution in [0.1, 0.15) is 42.4 Å². The van der Waals surface area contributed by atoms with Gasteiger partial charge in [0.15, 0.2) is 0 Å². The lowest BCUT2D eigenvalue weighted by atomic mass is 9.62. The van der Waals surface area contributed by atoms with Gasteiger partial charge in [-0.1, -0.05) is 54.6 Å². The van der Waals surface area contributed by atoms with Crippen molar-refractivity contribution in [3.63, 3.8) is 0 Å². The van der Waals surface area contributed by atoms with Gasteiger partial charge in [-0.15, -0.1) is 0 Å². The fourth-order valence-corrected chi connectivity index (χ4v) is 6.26. The lowest BCUT2D eigenvalue weighted by molar-refractivity contribution is 0.264. The summed E-state index contributed by atoms with van der Waals surface area (Å²) in [6, 6.07) is 43.4. The predicted molar refractivity (Wildman–Crippen MR) is 174 cm³/mol. The summed E-state index contributed by atoms with van der Waals surface area (Å²) in [5.74, 6) is 14.8. The molecule has 0 aliphatic heterocycles. The summed E-state index contributed by atoms with van der Waals surface area (Å²) in [5.41, 5.74) is 11.0. The van der Waals surface area contributed by atoms with Crippen molar-refractivity contribution in [2.75, 3.05) is 10.9 Å². The van der Waals surface area contributed by atoms with Crippen LogP contribution in [-0.2, 0) is 11.8 Å². The van der Waals surface area contributed by atoms with Crippen LogP contribution in [0.4, 0.5) is 11.4 Å². The van der Waals surface area contributed by atoms with Crippen molar-refractivity contribution < 1.29 is 9.47 Å². The molecule has 0 aromatic heterocycles. The fourth-order valence-electron chi connectivity index (χ4n) is 6.26. The second kappa shape index (κ2) is 13.0. The van der Waals surface area contributed by atoms with Crippen LogP contribution in [0.25, 0.3) is 0 Å². The summed E-state index contributed by atoms with van der Waals surface area (Å²) >= 11 is 0. The molecule has 6 nitrogen and oxygen atoms in total. The number of ether oxygens (including phenoxy) is 2. The van der Waals surface area contributed by atoms with Crippen LogP contribution in [-0.4, -0.2) is 0 Å². The molecule has 0 spiro atoms. The monoisotopic (exact) mass is 570 g/mol. The third kappa shape index (κ3) is 6.67. The molecular weight excluding hydrogens is 532 g/mol. The van der Waals surface area contributed by atoms with E-state index >= 15 is 0 Å². The molecule has 6 heteroatoms. The van der Waals surface area contributed by atoms with Gasteiger partial charge in [0.1, 0.15) is 23.0 Å². The van der Waals surface area contributed by atoms with Crippen LogP contribution < -0.4 is 32.0 Å². The highest BCUT2D eigenvalue weighted by Crippen LogP contribution is 2.48. The zero-order chi connectivity index (χ0) is 29.5. The Morgan fingerprint density at radius 1 is 0.535 bits per heavy atom. The van der Waals surface area contributed by atoms with Gasteiger partial charge in [0.05, 0.1) is 0 Å². The maximum Gasteiger partial charge on any atom is 0.127 e. The van der Waals surface area contributed by atoms with Crippen LogP contribution in [0.5, 0.6) is 23.0 Å². The molecule has 0 heterocycles. The summed E-state index contributed by atoms with van der Waals surface area (Å²) in [7, 11) is 0. The Labute approximate surface area is 253 Å². The van der Waals surface area contributed by atoms with E-state index in [9.17, 15) is 0 Å². The third-order valence-corrected chi connectivity index (χ3v) is 8.65. The largest absolute Gasteiger partial charge is 0.457 e. The molecule has 0 bridgehead atoms. The summed E-state index contributed by atoms with van der Waals surface area (Å²) in [6.07, 6.45) is 5.66. The minimum absolute atomic E-state index is 0.0763. The third-order valence-electron chi connectivity index (χ3n) is 8.65. The average molecular weight is 571 g/mol. The van der Waals surface area contributed by atoms with Gasteiger partial charge in [-0.05, 0) is 128 Å². The highest BCUT2D eigenvalue weighted by molar-refractivity contribution is 5.49. The number of nitrogens with two attached hydrogens (primary N) is 2. The predicted octanol–water partition coefficient (Wildman–Crippen LogP) is 8.56. The number of hydrogen-bond acceptors (Lipinski definition) is 6. The SMILES string of the molecule is NNc1ccc(Oc2ccc(C3(c4ccc(Oc5ccc(NN)cc5)cc4)CCC(Cc4ccccc4)CC3)cc2)cc1. The van der Waals surface area contributed by atoms with E-state index in [1.54, 1.807) is 0 Å². The van der Waals surface area contributed by atoms with Gasteiger partial charge in [0.2, 0.25) is 0 Å². The van der Waals surface area contributed by atoms with Crippen molar-refractivity contribution in [1.29, 1.82) is 0 Å². The zero-order valence-corrected chi connectivity index (χ0v) is 24.2. The highest BCUT2D eigenvalue weighted by Gasteiger charge is 2.38. The van der Waals surface area contributed by atoms with Gasteiger partial charge in [-0.3, -0.25) is 11.7 Å². The Hall–Kier alpha value is -4.78. The molecular formula is C37H38N4O2. The van der Waals surface area contributed by atoms with Crippen LogP contribution >= 0.6 is 0 Å². The molecule has 1 aliphatic rings. The van der Waals surface area contributed by atoms with Gasteiger partial charge < -0.3 is 20.3 Å². The molecule has 1 fully saturated rings. The topological polar surface area (TPSA) is 94.6 Å². The van der Waals surface area contributed by atoms with Gasteiger partial charge in [0.25, 0.3) is 0 Å². The molecule has 0 saturated heterocycles. The number of nitrogens with one attached hydrogen (secondary N) is 2. The van der Waals surface area contributed by atoms with E-state index in [0.29, 0.717) is 5.92 Å². The number of anilines is 2. The maximum atomic E-state index is 6.13. The fraction of sp³-hybridized carbons (Fsp3) is 0.189. The van der Waals surface area contributed by atoms with Crippen LogP contribution in [0.3, 0.4) is 0 Å². The Morgan fingerprint density at radius 2 is 0.930 bits per heavy atom. The highest BCUT2D eigenvalue weighted by atomic mass is 16.5. The number of rotatable bonds is 10. The molecule has 5 aromatic carbocycles. The standard InChI is InChI=1S/C37H38N4O2/c38-40-31-10-18-35(19-11-31)42-33-14-6-29(7-15-33)37(24-22-28(23-25-37)26-27-4-2-1-3-5-27)30-8-16-34(17-9-30)43-36-20-12-32(41-39)13-21-36/h1-21,28,40-41H,22-26,38-39H2. The van der Waals surface area contributed by atoms with Gasteiger partial charge in [0, 0.05) is 16.8 Å². The number of hydrogen-bond donors (Lipinski definition) is 4. The molecule has 0 radical (unpaired) electrons. The van der Waals surface area contributed by atoms with E-state index in [1.165, 1.54) is 29.5 Å². The Morgan fingerprint density at radius 3 is 1.33 bits per heavy atom. The minimum atomic E-state index is -0.0763. The first-order valence-corrected chi connectivity index (χ1v) is 14.9. The lowest BCUT2D eigenvalue weighted by Crippen LogP contribution is -2.33. The molecule has 6 rings (SSSR count). The van der Waals surface area contributed by atoms with Crippen LogP contribution in [0, 0.1) is 5.92 Å². The Kier molecular flexibility index (Phi) is 8.59. The molecule has 0 amide bonds. The Balaban J connectivity index is 1.23. The summed E-state index contributed by atoms with van der Waals surface area (Å²) in [6.45, 7) is 0. The second-order valence-electron chi connectivity index (χ2n) is 11.3. The smallest absolute Gasteiger partial charge is 0.127 e. The molecule has 218 valence electrons. The molecule has 0 unspecified atom stereocenters. The molecule has 0 atom stereocenters. The van der Waals surface area contributed by atoms with E-state index < -0.39 is 0 Å². The molecule has 43 heavy (non-hydrogen) atoms. The van der Waals surface area contributed by atoms with Gasteiger partial charge >= 0.3 is 0 Å². The minimum Gasteiger partial charge on any atom is -0.457 e. The van der Waals surface area contributed by atoms with Crippen molar-refractivity contribution >= 4 is 11.4 Å². The average Bonchev–Trinajstić information content (AvgIpc) is 3.07. The van der Waals surface area contributed by atoms with Gasteiger partial charge in [-0.25, -0.2) is 0 Å². The van der Waals surface area contributed by atoms with Crippen LogP contribution in [0.15, 0.2) is 127 Å². The molecule has 5 aromatic rings. The summed E-state index contributed by atoms with van der Waals surface area (Å²) in [5, 5.41) is 0. The molecule has 1 saturated carbocycles.